The van der Waals surface area contributed by atoms with Crippen molar-refractivity contribution >= 4 is 17.3 Å². The van der Waals surface area contributed by atoms with Gasteiger partial charge in [-0.15, -0.1) is 4.91 Å². The Kier molecular flexibility index (Phi) is 3.98. The number of hydrogen-bond donors (Lipinski definition) is 1. The summed E-state index contributed by atoms with van der Waals surface area (Å²) in [5, 5.41) is 6.02. The van der Waals surface area contributed by atoms with Crippen molar-refractivity contribution in [2.24, 2.45) is 5.18 Å². The van der Waals surface area contributed by atoms with Crippen LogP contribution in [-0.2, 0) is 17.9 Å². The quantitative estimate of drug-likeness (QED) is 0.883. The zero-order valence-corrected chi connectivity index (χ0v) is 12.4. The van der Waals surface area contributed by atoms with Crippen LogP contribution < -0.4 is 5.32 Å². The lowest BCUT2D eigenvalue weighted by Gasteiger charge is -2.19. The van der Waals surface area contributed by atoms with Gasteiger partial charge in [-0.1, -0.05) is 36.4 Å². The monoisotopic (exact) mass is 295 g/mol. The standard InChI is InChI=1S/C17H17N3O2/c1-12-7-8-15-14(17(12)19-22)10-20(11-16(21)18-15)9-13-5-3-2-4-6-13/h2-8H,9-11H2,1H3,(H,18,21). The molecule has 0 unspecified atom stereocenters. The summed E-state index contributed by atoms with van der Waals surface area (Å²) in [4.78, 5) is 25.3. The molecule has 22 heavy (non-hydrogen) atoms. The molecule has 0 saturated heterocycles. The Labute approximate surface area is 128 Å². The van der Waals surface area contributed by atoms with E-state index in [9.17, 15) is 9.70 Å². The first kappa shape index (κ1) is 14.4. The minimum absolute atomic E-state index is 0.0737. The Bertz CT molecular complexity index is 713. The molecule has 1 N–H and O–H groups in total. The molecular formula is C17H17N3O2. The molecule has 1 heterocycles. The van der Waals surface area contributed by atoms with Crippen molar-refractivity contribution in [3.05, 3.63) is 64.1 Å². The molecular weight excluding hydrogens is 278 g/mol. The number of nitrogens with one attached hydrogen (secondary N) is 1. The lowest BCUT2D eigenvalue weighted by Crippen LogP contribution is -2.29. The molecule has 5 heteroatoms. The highest BCUT2D eigenvalue weighted by atomic mass is 16.3. The molecule has 0 radical (unpaired) electrons. The zero-order valence-electron chi connectivity index (χ0n) is 12.4. The summed E-state index contributed by atoms with van der Waals surface area (Å²) in [6.07, 6.45) is 0. The number of nitroso groups, excluding NO2 is 1. The van der Waals surface area contributed by atoms with Gasteiger partial charge >= 0.3 is 0 Å². The van der Waals surface area contributed by atoms with E-state index in [-0.39, 0.29) is 5.91 Å². The number of aryl methyl sites for hydroxylation is 1. The predicted octanol–water partition coefficient (Wildman–Crippen LogP) is 3.35. The van der Waals surface area contributed by atoms with E-state index in [1.54, 1.807) is 0 Å². The Balaban J connectivity index is 1.94. The van der Waals surface area contributed by atoms with Crippen molar-refractivity contribution in [1.29, 1.82) is 0 Å². The van der Waals surface area contributed by atoms with E-state index in [1.165, 1.54) is 0 Å². The van der Waals surface area contributed by atoms with Crippen LogP contribution in [0.3, 0.4) is 0 Å². The maximum absolute atomic E-state index is 12.1. The third kappa shape index (κ3) is 2.89. The molecule has 2 aromatic rings. The van der Waals surface area contributed by atoms with Crippen molar-refractivity contribution in [3.63, 3.8) is 0 Å². The van der Waals surface area contributed by atoms with Crippen LogP contribution in [0.25, 0.3) is 0 Å². The minimum Gasteiger partial charge on any atom is -0.325 e. The van der Waals surface area contributed by atoms with E-state index in [2.05, 4.69) is 10.5 Å². The van der Waals surface area contributed by atoms with Gasteiger partial charge in [-0.2, -0.15) is 0 Å². The Morgan fingerprint density at radius 3 is 2.64 bits per heavy atom. The van der Waals surface area contributed by atoms with Crippen molar-refractivity contribution in [1.82, 2.24) is 4.90 Å². The molecule has 0 spiro atoms. The maximum Gasteiger partial charge on any atom is 0.238 e. The van der Waals surface area contributed by atoms with Gasteiger partial charge in [-0.25, -0.2) is 0 Å². The summed E-state index contributed by atoms with van der Waals surface area (Å²) in [6.45, 7) is 3.32. The molecule has 1 aliphatic rings. The molecule has 0 fully saturated rings. The van der Waals surface area contributed by atoms with E-state index < -0.39 is 0 Å². The van der Waals surface area contributed by atoms with Crippen LogP contribution >= 0.6 is 0 Å². The van der Waals surface area contributed by atoms with Gasteiger partial charge < -0.3 is 5.32 Å². The third-order valence-electron chi connectivity index (χ3n) is 3.85. The molecule has 0 saturated carbocycles. The average Bonchev–Trinajstić information content (AvgIpc) is 2.66. The van der Waals surface area contributed by atoms with Crippen molar-refractivity contribution in [3.8, 4) is 0 Å². The van der Waals surface area contributed by atoms with Gasteiger partial charge in [0.05, 0.1) is 6.54 Å². The maximum atomic E-state index is 12.1. The predicted molar refractivity (Wildman–Crippen MR) is 85.8 cm³/mol. The molecule has 0 atom stereocenters. The molecule has 112 valence electrons. The van der Waals surface area contributed by atoms with E-state index in [1.807, 2.05) is 54.3 Å². The van der Waals surface area contributed by atoms with Crippen LogP contribution in [-0.4, -0.2) is 17.4 Å². The number of anilines is 1. The number of fused-ring (bicyclic) bond motifs is 1. The first-order chi connectivity index (χ1) is 10.7. The molecule has 5 nitrogen and oxygen atoms in total. The second kappa shape index (κ2) is 6.07. The van der Waals surface area contributed by atoms with Crippen molar-refractivity contribution in [2.75, 3.05) is 11.9 Å². The largest absolute Gasteiger partial charge is 0.325 e. The number of nitrogens with zero attached hydrogens (tertiary/aromatic N) is 2. The van der Waals surface area contributed by atoms with E-state index in [0.29, 0.717) is 31.0 Å². The third-order valence-corrected chi connectivity index (χ3v) is 3.85. The lowest BCUT2D eigenvalue weighted by atomic mass is 10.1. The van der Waals surface area contributed by atoms with E-state index >= 15 is 0 Å². The first-order valence-electron chi connectivity index (χ1n) is 7.19. The normalized spacial score (nSPS) is 14.9. The molecule has 2 aromatic carbocycles. The van der Waals surface area contributed by atoms with Crippen molar-refractivity contribution in [2.45, 2.75) is 20.0 Å². The van der Waals surface area contributed by atoms with Crippen LogP contribution in [0.2, 0.25) is 0 Å². The number of rotatable bonds is 3. The molecule has 0 aliphatic carbocycles. The SMILES string of the molecule is Cc1ccc2c(c1N=O)CN(Cc1ccccc1)CC(=O)N2. The van der Waals surface area contributed by atoms with Crippen molar-refractivity contribution < 1.29 is 4.79 Å². The van der Waals surface area contributed by atoms with Crippen LogP contribution in [0.15, 0.2) is 47.6 Å². The number of hydrogen-bond acceptors (Lipinski definition) is 4. The Morgan fingerprint density at radius 2 is 1.91 bits per heavy atom. The highest BCUT2D eigenvalue weighted by Crippen LogP contribution is 2.33. The minimum atomic E-state index is -0.0737. The lowest BCUT2D eigenvalue weighted by molar-refractivity contribution is -0.117. The highest BCUT2D eigenvalue weighted by molar-refractivity contribution is 5.94. The van der Waals surface area contributed by atoms with Crippen LogP contribution in [0.4, 0.5) is 11.4 Å². The van der Waals surface area contributed by atoms with Gasteiger partial charge in [0.15, 0.2) is 0 Å². The van der Waals surface area contributed by atoms with Gasteiger partial charge in [0.25, 0.3) is 0 Å². The van der Waals surface area contributed by atoms with E-state index in [0.717, 1.165) is 16.7 Å². The number of amides is 1. The second-order valence-electron chi connectivity index (χ2n) is 5.53. The Hall–Kier alpha value is -2.53. The summed E-state index contributed by atoms with van der Waals surface area (Å²) in [5.74, 6) is -0.0737. The zero-order chi connectivity index (χ0) is 15.5. The fraction of sp³-hybridized carbons (Fsp3) is 0.235. The highest BCUT2D eigenvalue weighted by Gasteiger charge is 2.23. The smallest absolute Gasteiger partial charge is 0.238 e. The fourth-order valence-electron chi connectivity index (χ4n) is 2.78. The van der Waals surface area contributed by atoms with Crippen LogP contribution in [0.5, 0.6) is 0 Å². The van der Waals surface area contributed by atoms with Gasteiger partial charge in [-0.3, -0.25) is 9.69 Å². The number of benzene rings is 2. The van der Waals surface area contributed by atoms with Gasteiger partial charge in [0.1, 0.15) is 5.69 Å². The topological polar surface area (TPSA) is 61.8 Å². The summed E-state index contributed by atoms with van der Waals surface area (Å²) in [6, 6.07) is 13.6. The fourth-order valence-corrected chi connectivity index (χ4v) is 2.78. The summed E-state index contributed by atoms with van der Waals surface area (Å²) < 4.78 is 0. The second-order valence-corrected chi connectivity index (χ2v) is 5.53. The molecule has 0 bridgehead atoms. The van der Waals surface area contributed by atoms with E-state index in [4.69, 9.17) is 0 Å². The molecule has 1 amide bonds. The summed E-state index contributed by atoms with van der Waals surface area (Å²) in [5.41, 5.74) is 3.85. The molecule has 3 rings (SSSR count). The average molecular weight is 295 g/mol. The Morgan fingerprint density at radius 1 is 1.14 bits per heavy atom. The molecule has 1 aliphatic heterocycles. The number of carbonyl (C=O) groups is 1. The van der Waals surface area contributed by atoms with Gasteiger partial charge in [-0.05, 0) is 29.3 Å². The number of carbonyl (C=O) groups excluding carboxylic acids is 1. The van der Waals surface area contributed by atoms with Gasteiger partial charge in [0, 0.05) is 24.3 Å². The van der Waals surface area contributed by atoms with Crippen LogP contribution in [0, 0.1) is 11.8 Å². The summed E-state index contributed by atoms with van der Waals surface area (Å²) in [7, 11) is 0. The first-order valence-corrected chi connectivity index (χ1v) is 7.19. The van der Waals surface area contributed by atoms with Gasteiger partial charge in [0.2, 0.25) is 5.91 Å². The van der Waals surface area contributed by atoms with Crippen LogP contribution in [0.1, 0.15) is 16.7 Å². The summed E-state index contributed by atoms with van der Waals surface area (Å²) >= 11 is 0. The molecule has 0 aromatic heterocycles.